The van der Waals surface area contributed by atoms with Gasteiger partial charge in [-0.05, 0) is 37.1 Å². The summed E-state index contributed by atoms with van der Waals surface area (Å²) in [5.41, 5.74) is 6.80. The van der Waals surface area contributed by atoms with Crippen molar-refractivity contribution in [2.24, 2.45) is 5.73 Å². The topological polar surface area (TPSA) is 77.0 Å². The van der Waals surface area contributed by atoms with E-state index in [0.717, 1.165) is 12.8 Å². The van der Waals surface area contributed by atoms with Gasteiger partial charge < -0.3 is 10.6 Å². The smallest absolute Gasteiger partial charge is 0.276 e. The largest absolute Gasteiger partial charge is 0.336 e. The first-order valence-electron chi connectivity index (χ1n) is 6.86. The number of rotatable bonds is 2. The number of nitrogens with two attached hydrogens (primary N) is 1. The summed E-state index contributed by atoms with van der Waals surface area (Å²) in [6, 6.07) is 5.85. The van der Waals surface area contributed by atoms with E-state index in [4.69, 9.17) is 5.73 Å². The Bertz CT molecular complexity index is 639. The quantitative estimate of drug-likeness (QED) is 0.893. The minimum Gasteiger partial charge on any atom is -0.336 e. The second kappa shape index (κ2) is 5.61. The second-order valence-electron chi connectivity index (χ2n) is 5.18. The fourth-order valence-corrected chi connectivity index (χ4v) is 2.44. The molecular formula is C14H16FN5O. The molecule has 2 aromatic rings. The van der Waals surface area contributed by atoms with Crippen LogP contribution in [0.5, 0.6) is 0 Å². The molecule has 2 N–H and O–H groups in total. The maximum absolute atomic E-state index is 12.9. The molecular weight excluding hydrogens is 273 g/mol. The van der Waals surface area contributed by atoms with Gasteiger partial charge in [-0.15, -0.1) is 5.10 Å². The van der Waals surface area contributed by atoms with E-state index in [1.807, 2.05) is 0 Å². The van der Waals surface area contributed by atoms with Crippen molar-refractivity contribution >= 4 is 5.91 Å². The van der Waals surface area contributed by atoms with Gasteiger partial charge in [0.25, 0.3) is 5.91 Å². The van der Waals surface area contributed by atoms with Crippen LogP contribution in [0.1, 0.15) is 23.3 Å². The van der Waals surface area contributed by atoms with Crippen LogP contribution < -0.4 is 5.73 Å². The molecule has 7 heteroatoms. The molecule has 1 fully saturated rings. The van der Waals surface area contributed by atoms with Gasteiger partial charge in [-0.1, -0.05) is 5.21 Å². The molecule has 21 heavy (non-hydrogen) atoms. The fraction of sp³-hybridized carbons (Fsp3) is 0.357. The summed E-state index contributed by atoms with van der Waals surface area (Å²) < 4.78 is 14.4. The molecule has 1 aliphatic rings. The predicted molar refractivity (Wildman–Crippen MR) is 74.4 cm³/mol. The summed E-state index contributed by atoms with van der Waals surface area (Å²) in [6.45, 7) is 1.23. The molecule has 0 aliphatic carbocycles. The van der Waals surface area contributed by atoms with E-state index in [-0.39, 0.29) is 23.5 Å². The molecule has 3 rings (SSSR count). The third-order valence-electron chi connectivity index (χ3n) is 3.55. The molecule has 0 radical (unpaired) electrons. The summed E-state index contributed by atoms with van der Waals surface area (Å²) in [4.78, 5) is 14.0. The highest BCUT2D eigenvalue weighted by atomic mass is 19.1. The highest BCUT2D eigenvalue weighted by Crippen LogP contribution is 2.13. The Labute approximate surface area is 121 Å². The molecule has 0 unspecified atom stereocenters. The number of carbonyl (C=O) groups excluding carboxylic acids is 1. The maximum Gasteiger partial charge on any atom is 0.276 e. The molecule has 0 bridgehead atoms. The number of benzene rings is 1. The van der Waals surface area contributed by atoms with Crippen LogP contribution in [0.25, 0.3) is 5.69 Å². The van der Waals surface area contributed by atoms with Crippen LogP contribution in [0.15, 0.2) is 30.5 Å². The molecule has 1 aliphatic heterocycles. The Hall–Kier alpha value is -2.28. The lowest BCUT2D eigenvalue weighted by Gasteiger charge is -2.29. The molecule has 1 saturated heterocycles. The second-order valence-corrected chi connectivity index (χ2v) is 5.18. The molecule has 6 nitrogen and oxygen atoms in total. The molecule has 1 atom stereocenters. The zero-order valence-electron chi connectivity index (χ0n) is 11.4. The van der Waals surface area contributed by atoms with Crippen molar-refractivity contribution in [3.8, 4) is 5.69 Å². The molecule has 1 amide bonds. The van der Waals surface area contributed by atoms with Crippen molar-refractivity contribution in [3.05, 3.63) is 42.0 Å². The highest BCUT2D eigenvalue weighted by molar-refractivity contribution is 5.92. The number of piperidine rings is 1. The lowest BCUT2D eigenvalue weighted by molar-refractivity contribution is 0.0702. The lowest BCUT2D eigenvalue weighted by Crippen LogP contribution is -2.45. The number of hydrogen-bond acceptors (Lipinski definition) is 4. The van der Waals surface area contributed by atoms with Crippen molar-refractivity contribution < 1.29 is 9.18 Å². The minimum atomic E-state index is -0.322. The van der Waals surface area contributed by atoms with E-state index in [1.165, 1.54) is 16.8 Å². The molecule has 0 saturated carbocycles. The van der Waals surface area contributed by atoms with Crippen LogP contribution in [-0.4, -0.2) is 44.9 Å². The van der Waals surface area contributed by atoms with E-state index in [0.29, 0.717) is 18.8 Å². The normalized spacial score (nSPS) is 18.8. The monoisotopic (exact) mass is 289 g/mol. The third-order valence-corrected chi connectivity index (χ3v) is 3.55. The fourth-order valence-electron chi connectivity index (χ4n) is 2.44. The molecule has 1 aromatic carbocycles. The first-order valence-corrected chi connectivity index (χ1v) is 6.86. The lowest BCUT2D eigenvalue weighted by atomic mass is 10.1. The van der Waals surface area contributed by atoms with Gasteiger partial charge in [0, 0.05) is 19.1 Å². The van der Waals surface area contributed by atoms with Gasteiger partial charge >= 0.3 is 0 Å². The molecule has 110 valence electrons. The Morgan fingerprint density at radius 1 is 1.33 bits per heavy atom. The number of nitrogens with zero attached hydrogens (tertiary/aromatic N) is 4. The van der Waals surface area contributed by atoms with Crippen LogP contribution in [0, 0.1) is 5.82 Å². The average Bonchev–Trinajstić information content (AvgIpc) is 2.97. The van der Waals surface area contributed by atoms with Crippen molar-refractivity contribution in [2.75, 3.05) is 13.1 Å². The van der Waals surface area contributed by atoms with Crippen molar-refractivity contribution in [1.29, 1.82) is 0 Å². The van der Waals surface area contributed by atoms with Crippen LogP contribution in [0.4, 0.5) is 4.39 Å². The van der Waals surface area contributed by atoms with E-state index in [9.17, 15) is 9.18 Å². The Morgan fingerprint density at radius 2 is 2.10 bits per heavy atom. The van der Waals surface area contributed by atoms with Crippen molar-refractivity contribution in [3.63, 3.8) is 0 Å². The summed E-state index contributed by atoms with van der Waals surface area (Å²) in [5, 5.41) is 7.82. The third kappa shape index (κ3) is 2.92. The Morgan fingerprint density at radius 3 is 2.81 bits per heavy atom. The van der Waals surface area contributed by atoms with Crippen LogP contribution >= 0.6 is 0 Å². The van der Waals surface area contributed by atoms with Crippen molar-refractivity contribution in [2.45, 2.75) is 18.9 Å². The van der Waals surface area contributed by atoms with Gasteiger partial charge in [-0.2, -0.15) is 0 Å². The van der Waals surface area contributed by atoms with Crippen LogP contribution in [0.2, 0.25) is 0 Å². The standard InChI is InChI=1S/C14H16FN5O/c15-10-3-5-12(6-4-10)20-9-13(17-18-20)14(21)19-7-1-2-11(16)8-19/h3-6,9,11H,1-2,7-8,16H2/t11-/m0/s1. The van der Waals surface area contributed by atoms with Crippen LogP contribution in [0.3, 0.4) is 0 Å². The highest BCUT2D eigenvalue weighted by Gasteiger charge is 2.24. The number of aromatic nitrogens is 3. The zero-order chi connectivity index (χ0) is 14.8. The van der Waals surface area contributed by atoms with Gasteiger partial charge in [-0.25, -0.2) is 9.07 Å². The van der Waals surface area contributed by atoms with Crippen LogP contribution in [-0.2, 0) is 0 Å². The number of hydrogen-bond donors (Lipinski definition) is 1. The predicted octanol–water partition coefficient (Wildman–Crippen LogP) is 0.970. The number of halogens is 1. The minimum absolute atomic E-state index is 0.0230. The first kappa shape index (κ1) is 13.7. The Balaban J connectivity index is 1.78. The van der Waals surface area contributed by atoms with E-state index in [2.05, 4.69) is 10.3 Å². The Kier molecular flexibility index (Phi) is 3.66. The number of amides is 1. The van der Waals surface area contributed by atoms with Gasteiger partial charge in [0.05, 0.1) is 11.9 Å². The molecule has 1 aromatic heterocycles. The van der Waals surface area contributed by atoms with Gasteiger partial charge in [0.15, 0.2) is 5.69 Å². The maximum atomic E-state index is 12.9. The van der Waals surface area contributed by atoms with Crippen molar-refractivity contribution in [1.82, 2.24) is 19.9 Å². The summed E-state index contributed by atoms with van der Waals surface area (Å²) >= 11 is 0. The van der Waals surface area contributed by atoms with E-state index < -0.39 is 0 Å². The van der Waals surface area contributed by atoms with Gasteiger partial charge in [0.1, 0.15) is 5.82 Å². The average molecular weight is 289 g/mol. The zero-order valence-corrected chi connectivity index (χ0v) is 11.4. The van der Waals surface area contributed by atoms with E-state index >= 15 is 0 Å². The summed E-state index contributed by atoms with van der Waals surface area (Å²) in [7, 11) is 0. The van der Waals surface area contributed by atoms with Gasteiger partial charge in [0.2, 0.25) is 0 Å². The SMILES string of the molecule is N[C@H]1CCCN(C(=O)c2cn(-c3ccc(F)cc3)nn2)C1. The molecule has 2 heterocycles. The number of likely N-dealkylation sites (tertiary alicyclic amines) is 1. The number of carbonyl (C=O) groups is 1. The summed E-state index contributed by atoms with van der Waals surface area (Å²) in [5.74, 6) is -0.490. The molecule has 0 spiro atoms. The van der Waals surface area contributed by atoms with E-state index in [1.54, 1.807) is 23.2 Å². The van der Waals surface area contributed by atoms with Gasteiger partial charge in [-0.3, -0.25) is 4.79 Å². The summed E-state index contributed by atoms with van der Waals surface area (Å²) in [6.07, 6.45) is 3.39. The first-order chi connectivity index (χ1) is 10.1.